The number of hydrogen-bond donors (Lipinski definition) is 0. The molecule has 0 spiro atoms. The molecule has 0 aliphatic rings. The van der Waals surface area contributed by atoms with E-state index in [0.29, 0.717) is 0 Å². The Hall–Kier alpha value is -9.94. The molecule has 0 bridgehead atoms. The van der Waals surface area contributed by atoms with Crippen molar-refractivity contribution in [3.63, 3.8) is 0 Å². The van der Waals surface area contributed by atoms with Gasteiger partial charge < -0.3 is 18.3 Å². The zero-order chi connectivity index (χ0) is 50.6. The summed E-state index contributed by atoms with van der Waals surface area (Å²) < 4.78 is 9.97. The molecule has 0 radical (unpaired) electrons. The molecule has 0 amide bonds. The van der Waals surface area contributed by atoms with Gasteiger partial charge in [0, 0.05) is 60.2 Å². The third-order valence-electron chi connectivity index (χ3n) is 16.5. The van der Waals surface area contributed by atoms with Crippen molar-refractivity contribution in [3.8, 4) is 22.7 Å². The maximum absolute atomic E-state index is 2.82. The number of aromatic nitrogens is 4. The van der Waals surface area contributed by atoms with Crippen LogP contribution in [0.4, 0.5) is 0 Å². The maximum atomic E-state index is 2.55. The van der Waals surface area contributed by atoms with Crippen molar-refractivity contribution >= 4 is 116 Å². The summed E-state index contributed by atoms with van der Waals surface area (Å²) in [4.78, 5) is 0. The lowest BCUT2D eigenvalue weighted by Gasteiger charge is -2.34. The quantitative estimate of drug-likeness (QED) is 0.107. The van der Waals surface area contributed by atoms with Crippen LogP contribution < -0.4 is 20.7 Å². The van der Waals surface area contributed by atoms with Gasteiger partial charge >= 0.3 is 0 Å². The molecule has 4 heterocycles. The average molecular weight is 997 g/mol. The molecule has 0 aliphatic heterocycles. The molecule has 0 saturated heterocycles. The Morgan fingerprint density at radius 3 is 1.08 bits per heavy atom. The first kappa shape index (κ1) is 43.5. The Morgan fingerprint density at radius 1 is 0.195 bits per heavy atom. The van der Waals surface area contributed by atoms with E-state index in [1.165, 1.54) is 91.4 Å². The first-order valence-electron chi connectivity index (χ1n) is 26.6. The van der Waals surface area contributed by atoms with E-state index >= 15 is 0 Å². The van der Waals surface area contributed by atoms with Crippen molar-refractivity contribution in [3.05, 3.63) is 291 Å². The Morgan fingerprint density at radius 2 is 0.558 bits per heavy atom. The highest BCUT2D eigenvalue weighted by Crippen LogP contribution is 2.43. The van der Waals surface area contributed by atoms with Gasteiger partial charge in [0.15, 0.2) is 8.07 Å². The van der Waals surface area contributed by atoms with Crippen LogP contribution >= 0.6 is 0 Å². The molecule has 360 valence electrons. The molecule has 16 rings (SSSR count). The van der Waals surface area contributed by atoms with Crippen molar-refractivity contribution in [1.29, 1.82) is 0 Å². The predicted molar refractivity (Wildman–Crippen MR) is 327 cm³/mol. The summed E-state index contributed by atoms with van der Waals surface area (Å²) in [5.74, 6) is 0. The van der Waals surface area contributed by atoms with Gasteiger partial charge in [-0.1, -0.05) is 212 Å². The molecular weight excluding hydrogens is 949 g/mol. The highest BCUT2D eigenvalue weighted by Gasteiger charge is 2.41. The summed E-state index contributed by atoms with van der Waals surface area (Å²) in [7, 11) is -2.82. The lowest BCUT2D eigenvalue weighted by atomic mass is 10.1. The lowest BCUT2D eigenvalue weighted by Crippen LogP contribution is -2.74. The average Bonchev–Trinajstić information content (AvgIpc) is 4.40. The number of para-hydroxylation sites is 6. The van der Waals surface area contributed by atoms with E-state index in [9.17, 15) is 0 Å². The van der Waals surface area contributed by atoms with Crippen LogP contribution in [0.3, 0.4) is 0 Å². The van der Waals surface area contributed by atoms with Crippen LogP contribution in [-0.2, 0) is 0 Å². The molecule has 12 aromatic carbocycles. The minimum Gasteiger partial charge on any atom is -0.309 e. The molecule has 77 heavy (non-hydrogen) atoms. The van der Waals surface area contributed by atoms with Crippen molar-refractivity contribution in [1.82, 2.24) is 18.3 Å². The van der Waals surface area contributed by atoms with E-state index < -0.39 is 8.07 Å². The van der Waals surface area contributed by atoms with Gasteiger partial charge in [0.05, 0.1) is 49.8 Å². The molecule has 4 nitrogen and oxygen atoms in total. The molecule has 4 aromatic heterocycles. The Labute approximate surface area is 445 Å². The summed E-state index contributed by atoms with van der Waals surface area (Å²) in [5, 5.41) is 15.2. The minimum absolute atomic E-state index is 1.10. The van der Waals surface area contributed by atoms with Gasteiger partial charge in [-0.25, -0.2) is 0 Å². The highest BCUT2D eigenvalue weighted by atomic mass is 28.3. The number of rotatable bonds is 8. The molecule has 0 N–H and O–H groups in total. The van der Waals surface area contributed by atoms with Crippen LogP contribution in [0.25, 0.3) is 110 Å². The molecule has 5 heteroatoms. The van der Waals surface area contributed by atoms with Crippen LogP contribution in [0.2, 0.25) is 0 Å². The molecule has 0 atom stereocenters. The van der Waals surface area contributed by atoms with Gasteiger partial charge in [-0.3, -0.25) is 0 Å². The second kappa shape index (κ2) is 17.0. The number of fused-ring (bicyclic) bond motifs is 12. The third kappa shape index (κ3) is 6.32. The standard InChI is InChI=1S/C72H48N4Si/c1-4-23-52(24-5-1)77(53-25-6-2-7-26-53,54-27-8-3-9-28-54)55-29-20-22-49(46-55)73-66-38-17-14-34-60(66)63-47-50(43-45-69(63)73)75-71-48-51(74-64-36-15-10-30-56(64)57-31-11-16-37-65(57)74)42-44-61(71)62-35-21-41-70(72(62)75)76-67-39-18-12-32-58(67)59-33-13-19-40-68(59)76/h1-48H. The van der Waals surface area contributed by atoms with Crippen molar-refractivity contribution < 1.29 is 0 Å². The topological polar surface area (TPSA) is 19.7 Å². The largest absolute Gasteiger partial charge is 0.309 e. The molecular formula is C72H48N4Si. The predicted octanol–water partition coefficient (Wildman–Crippen LogP) is 15.5. The summed E-state index contributed by atoms with van der Waals surface area (Å²) in [6.07, 6.45) is 0. The summed E-state index contributed by atoms with van der Waals surface area (Å²) in [5.41, 5.74) is 13.9. The van der Waals surface area contributed by atoms with E-state index in [1.54, 1.807) is 0 Å². The van der Waals surface area contributed by atoms with Crippen LogP contribution in [-0.4, -0.2) is 26.3 Å². The third-order valence-corrected chi connectivity index (χ3v) is 21.3. The van der Waals surface area contributed by atoms with Crippen LogP contribution in [0.1, 0.15) is 0 Å². The monoisotopic (exact) mass is 996 g/mol. The zero-order valence-corrected chi connectivity index (χ0v) is 43.0. The normalized spacial score (nSPS) is 12.2. The fourth-order valence-electron chi connectivity index (χ4n) is 13.3. The van der Waals surface area contributed by atoms with Crippen molar-refractivity contribution in [2.45, 2.75) is 0 Å². The van der Waals surface area contributed by atoms with Crippen LogP contribution in [0.5, 0.6) is 0 Å². The zero-order valence-electron chi connectivity index (χ0n) is 42.0. The van der Waals surface area contributed by atoms with E-state index in [0.717, 1.165) is 39.3 Å². The Kier molecular flexibility index (Phi) is 9.62. The Bertz CT molecular complexity index is 4780. The number of nitrogens with zero attached hydrogens (tertiary/aromatic N) is 4. The maximum Gasteiger partial charge on any atom is 0.179 e. The van der Waals surface area contributed by atoms with Crippen LogP contribution in [0.15, 0.2) is 291 Å². The van der Waals surface area contributed by atoms with E-state index in [4.69, 9.17) is 0 Å². The van der Waals surface area contributed by atoms with E-state index in [-0.39, 0.29) is 0 Å². The SMILES string of the molecule is c1ccc([Si](c2ccccc2)(c2ccccc2)c2cccc(-n3c4ccccc4c4cc(-n5c6cc(-n7c8ccccc8c8ccccc87)ccc6c6cccc(-n7c8ccccc8c8ccccc87)c65)ccc43)c2)cc1. The molecule has 0 saturated carbocycles. The van der Waals surface area contributed by atoms with E-state index in [2.05, 4.69) is 309 Å². The second-order valence-corrected chi connectivity index (χ2v) is 24.2. The smallest absolute Gasteiger partial charge is 0.179 e. The molecule has 0 fully saturated rings. The van der Waals surface area contributed by atoms with Crippen LogP contribution in [0, 0.1) is 0 Å². The number of hydrogen-bond acceptors (Lipinski definition) is 0. The molecule has 0 aliphatic carbocycles. The molecule has 0 unspecified atom stereocenters. The highest BCUT2D eigenvalue weighted by molar-refractivity contribution is 7.19. The first-order valence-corrected chi connectivity index (χ1v) is 28.6. The van der Waals surface area contributed by atoms with E-state index in [1.807, 2.05) is 0 Å². The van der Waals surface area contributed by atoms with Crippen molar-refractivity contribution in [2.75, 3.05) is 0 Å². The van der Waals surface area contributed by atoms with Gasteiger partial charge in [-0.05, 0) is 99.6 Å². The fraction of sp³-hybridized carbons (Fsp3) is 0. The lowest BCUT2D eigenvalue weighted by molar-refractivity contribution is 1.12. The second-order valence-electron chi connectivity index (χ2n) is 20.4. The van der Waals surface area contributed by atoms with Gasteiger partial charge in [0.1, 0.15) is 0 Å². The minimum atomic E-state index is -2.82. The fourth-order valence-corrected chi connectivity index (χ4v) is 18.1. The first-order chi connectivity index (χ1) is 38.2. The van der Waals surface area contributed by atoms with Gasteiger partial charge in [-0.2, -0.15) is 0 Å². The van der Waals surface area contributed by atoms with Gasteiger partial charge in [-0.15, -0.1) is 0 Å². The van der Waals surface area contributed by atoms with Gasteiger partial charge in [0.2, 0.25) is 0 Å². The van der Waals surface area contributed by atoms with Crippen molar-refractivity contribution in [2.24, 2.45) is 0 Å². The van der Waals surface area contributed by atoms with Gasteiger partial charge in [0.25, 0.3) is 0 Å². The summed E-state index contributed by atoms with van der Waals surface area (Å²) in [6.45, 7) is 0. The number of benzene rings is 12. The summed E-state index contributed by atoms with van der Waals surface area (Å²) >= 11 is 0. The summed E-state index contributed by atoms with van der Waals surface area (Å²) in [6, 6.07) is 108. The Balaban J connectivity index is 0.972. The molecule has 16 aromatic rings.